The average Bonchev–Trinajstić information content (AvgIpc) is 2.52. The van der Waals surface area contributed by atoms with Gasteiger partial charge in [-0.1, -0.05) is 30.3 Å². The lowest BCUT2D eigenvalue weighted by Gasteiger charge is -2.03. The van der Waals surface area contributed by atoms with E-state index in [-0.39, 0.29) is 5.56 Å². The maximum absolute atomic E-state index is 11.4. The Bertz CT molecular complexity index is 816. The number of hydrogen-bond donors (Lipinski definition) is 0. The first-order valence-corrected chi connectivity index (χ1v) is 6.25. The van der Waals surface area contributed by atoms with E-state index in [0.717, 1.165) is 12.1 Å². The highest BCUT2D eigenvalue weighted by Crippen LogP contribution is 2.32. The molecular formula is C14H9N3O6. The van der Waals surface area contributed by atoms with Gasteiger partial charge >= 0.3 is 11.4 Å². The van der Waals surface area contributed by atoms with Crippen LogP contribution in [0.5, 0.6) is 0 Å². The van der Waals surface area contributed by atoms with Gasteiger partial charge in [0.25, 0.3) is 5.69 Å². The molecule has 0 radical (unpaired) electrons. The zero-order valence-corrected chi connectivity index (χ0v) is 11.5. The first kappa shape index (κ1) is 15.8. The molecule has 0 aliphatic rings. The van der Waals surface area contributed by atoms with Crippen molar-refractivity contribution in [3.63, 3.8) is 0 Å². The van der Waals surface area contributed by atoms with E-state index in [1.807, 2.05) is 0 Å². The van der Waals surface area contributed by atoms with E-state index in [1.165, 1.54) is 36.4 Å². The van der Waals surface area contributed by atoms with E-state index in [0.29, 0.717) is 0 Å². The van der Waals surface area contributed by atoms with Gasteiger partial charge in [-0.25, -0.2) is 0 Å². The van der Waals surface area contributed by atoms with Crippen molar-refractivity contribution in [1.82, 2.24) is 0 Å². The van der Waals surface area contributed by atoms with E-state index in [2.05, 4.69) is 0 Å². The second-order valence-electron chi connectivity index (χ2n) is 4.35. The maximum atomic E-state index is 11.4. The summed E-state index contributed by atoms with van der Waals surface area (Å²) in [4.78, 5) is 31.1. The quantitative estimate of drug-likeness (QED) is 0.473. The molecule has 2 rings (SSSR count). The highest BCUT2D eigenvalue weighted by Gasteiger charge is 2.36. The standard InChI is InChI=1S/C14H9N3O6/c18-15(19)12-9-5-4-8-11(12)14(17(22)23)13(16(20)21)10-6-2-1-3-7-10/h1-9H. The molecule has 116 valence electrons. The van der Waals surface area contributed by atoms with Crippen molar-refractivity contribution in [2.45, 2.75) is 0 Å². The van der Waals surface area contributed by atoms with Crippen LogP contribution in [0.4, 0.5) is 5.69 Å². The third kappa shape index (κ3) is 3.18. The molecule has 0 saturated heterocycles. The largest absolute Gasteiger partial charge is 0.360 e. The molecule has 0 heterocycles. The van der Waals surface area contributed by atoms with E-state index in [9.17, 15) is 30.3 Å². The van der Waals surface area contributed by atoms with Crippen LogP contribution in [-0.2, 0) is 0 Å². The molecule has 0 aliphatic carbocycles. The fourth-order valence-electron chi connectivity index (χ4n) is 2.07. The molecule has 0 unspecified atom stereocenters. The SMILES string of the molecule is O=[N+]([O-])C(=C(c1ccccc1[N+](=O)[O-])[N+](=O)[O-])c1ccccc1. The van der Waals surface area contributed by atoms with Crippen molar-refractivity contribution in [3.05, 3.63) is 96.1 Å². The summed E-state index contributed by atoms with van der Waals surface area (Å²) in [6, 6.07) is 12.1. The topological polar surface area (TPSA) is 129 Å². The first-order valence-electron chi connectivity index (χ1n) is 6.25. The van der Waals surface area contributed by atoms with E-state index in [1.54, 1.807) is 6.07 Å². The molecule has 0 fully saturated rings. The summed E-state index contributed by atoms with van der Waals surface area (Å²) in [7, 11) is 0. The van der Waals surface area contributed by atoms with E-state index >= 15 is 0 Å². The molecule has 23 heavy (non-hydrogen) atoms. The van der Waals surface area contributed by atoms with Gasteiger partial charge in [-0.2, -0.15) is 0 Å². The fourth-order valence-corrected chi connectivity index (χ4v) is 2.07. The zero-order valence-electron chi connectivity index (χ0n) is 11.5. The number of nitro benzene ring substituents is 1. The normalized spacial score (nSPS) is 11.5. The van der Waals surface area contributed by atoms with Crippen molar-refractivity contribution in [3.8, 4) is 0 Å². The predicted octanol–water partition coefficient (Wildman–Crippen LogP) is 2.97. The van der Waals surface area contributed by atoms with Gasteiger partial charge in [-0.05, 0) is 18.2 Å². The summed E-state index contributed by atoms with van der Waals surface area (Å²) in [5, 5.41) is 33.9. The van der Waals surface area contributed by atoms with Crippen LogP contribution < -0.4 is 0 Å². The Kier molecular flexibility index (Phi) is 4.41. The molecular weight excluding hydrogens is 306 g/mol. The first-order chi connectivity index (χ1) is 10.9. The van der Waals surface area contributed by atoms with Gasteiger partial charge in [0.15, 0.2) is 0 Å². The van der Waals surface area contributed by atoms with Crippen LogP contribution >= 0.6 is 0 Å². The summed E-state index contributed by atoms with van der Waals surface area (Å²) in [6.45, 7) is 0. The van der Waals surface area contributed by atoms with Crippen molar-refractivity contribution in [2.24, 2.45) is 0 Å². The Balaban J connectivity index is 2.87. The fraction of sp³-hybridized carbons (Fsp3) is 0. The lowest BCUT2D eigenvalue weighted by Crippen LogP contribution is -2.10. The molecule has 0 atom stereocenters. The van der Waals surface area contributed by atoms with Gasteiger partial charge < -0.3 is 0 Å². The molecule has 0 aliphatic heterocycles. The molecule has 2 aromatic rings. The van der Waals surface area contributed by atoms with Crippen LogP contribution in [0.3, 0.4) is 0 Å². The number of nitrogens with zero attached hydrogens (tertiary/aromatic N) is 3. The summed E-state index contributed by atoms with van der Waals surface area (Å²) in [5.41, 5.74) is -2.73. The van der Waals surface area contributed by atoms with Crippen molar-refractivity contribution < 1.29 is 14.8 Å². The van der Waals surface area contributed by atoms with Gasteiger partial charge in [0.2, 0.25) is 0 Å². The van der Waals surface area contributed by atoms with Gasteiger partial charge in [-0.15, -0.1) is 0 Å². The molecule has 9 heteroatoms. The average molecular weight is 315 g/mol. The van der Waals surface area contributed by atoms with Gasteiger partial charge in [0.1, 0.15) is 5.56 Å². The molecule has 0 bridgehead atoms. The minimum atomic E-state index is -0.979. The lowest BCUT2D eigenvalue weighted by atomic mass is 10.0. The third-order valence-corrected chi connectivity index (χ3v) is 2.99. The minimum absolute atomic E-state index is 0.0117. The summed E-state index contributed by atoms with van der Waals surface area (Å²) in [6.07, 6.45) is 0. The number of rotatable bonds is 5. The zero-order chi connectivity index (χ0) is 17.0. The Morgan fingerprint density at radius 3 is 1.74 bits per heavy atom. The Morgan fingerprint density at radius 2 is 1.22 bits per heavy atom. The maximum Gasteiger partial charge on any atom is 0.360 e. The number of nitro groups is 3. The van der Waals surface area contributed by atoms with Crippen LogP contribution in [0.25, 0.3) is 11.4 Å². The molecule has 0 amide bonds. The molecule has 0 N–H and O–H groups in total. The van der Waals surface area contributed by atoms with Crippen LogP contribution in [0.15, 0.2) is 54.6 Å². The number of hydrogen-bond acceptors (Lipinski definition) is 6. The van der Waals surface area contributed by atoms with E-state index < -0.39 is 37.4 Å². The molecule has 0 spiro atoms. The summed E-state index contributed by atoms with van der Waals surface area (Å²) in [5.74, 6) is 0. The van der Waals surface area contributed by atoms with Gasteiger partial charge in [-0.3, -0.25) is 30.3 Å². The second kappa shape index (κ2) is 6.43. The number of benzene rings is 2. The Morgan fingerprint density at radius 1 is 0.696 bits per heavy atom. The van der Waals surface area contributed by atoms with Crippen LogP contribution in [-0.4, -0.2) is 14.8 Å². The van der Waals surface area contributed by atoms with Crippen LogP contribution in [0.1, 0.15) is 11.1 Å². The molecule has 2 aromatic carbocycles. The monoisotopic (exact) mass is 315 g/mol. The smallest absolute Gasteiger partial charge is 0.258 e. The van der Waals surface area contributed by atoms with Crippen molar-refractivity contribution in [2.75, 3.05) is 0 Å². The van der Waals surface area contributed by atoms with Crippen LogP contribution in [0, 0.1) is 30.3 Å². The summed E-state index contributed by atoms with van der Waals surface area (Å²) < 4.78 is 0. The van der Waals surface area contributed by atoms with Crippen LogP contribution in [0.2, 0.25) is 0 Å². The molecule has 0 saturated carbocycles. The summed E-state index contributed by atoms with van der Waals surface area (Å²) >= 11 is 0. The highest BCUT2D eigenvalue weighted by molar-refractivity contribution is 5.85. The lowest BCUT2D eigenvalue weighted by molar-refractivity contribution is -0.409. The predicted molar refractivity (Wildman–Crippen MR) is 80.3 cm³/mol. The van der Waals surface area contributed by atoms with Crippen molar-refractivity contribution in [1.29, 1.82) is 0 Å². The Labute approximate surface area is 128 Å². The van der Waals surface area contributed by atoms with Gasteiger partial charge in [0, 0.05) is 6.07 Å². The third-order valence-electron chi connectivity index (χ3n) is 2.99. The van der Waals surface area contributed by atoms with Gasteiger partial charge in [0.05, 0.1) is 20.3 Å². The van der Waals surface area contributed by atoms with Crippen molar-refractivity contribution >= 4 is 17.1 Å². The molecule has 0 aromatic heterocycles. The second-order valence-corrected chi connectivity index (χ2v) is 4.35. The highest BCUT2D eigenvalue weighted by atomic mass is 16.6. The Hall–Kier alpha value is -3.62. The van der Waals surface area contributed by atoms with E-state index in [4.69, 9.17) is 0 Å². The minimum Gasteiger partial charge on any atom is -0.258 e. The number of para-hydroxylation sites is 1. The molecule has 9 nitrogen and oxygen atoms in total.